The molecule has 25 heavy (non-hydrogen) atoms. The maximum Gasteiger partial charge on any atom is 0.191 e. The number of halogens is 2. The average Bonchev–Trinajstić information content (AvgIpc) is 3.01. The highest BCUT2D eigenvalue weighted by Gasteiger charge is 2.02. The summed E-state index contributed by atoms with van der Waals surface area (Å²) >= 11 is 0. The Morgan fingerprint density at radius 1 is 1.08 bits per heavy atom. The summed E-state index contributed by atoms with van der Waals surface area (Å²) in [5.74, 6) is 0.527. The molecule has 0 fully saturated rings. The van der Waals surface area contributed by atoms with Crippen molar-refractivity contribution in [1.29, 1.82) is 0 Å². The highest BCUT2D eigenvalue weighted by atomic mass is 127. The summed E-state index contributed by atoms with van der Waals surface area (Å²) < 4.78 is 13.2. The van der Waals surface area contributed by atoms with Gasteiger partial charge >= 0.3 is 0 Å². The largest absolute Gasteiger partial charge is 0.357 e. The third kappa shape index (κ3) is 5.45. The molecule has 132 valence electrons. The van der Waals surface area contributed by atoms with E-state index in [2.05, 4.69) is 38.8 Å². The van der Waals surface area contributed by atoms with Crippen LogP contribution < -0.4 is 10.6 Å². The van der Waals surface area contributed by atoms with Crippen LogP contribution in [0.15, 0.2) is 59.6 Å². The lowest BCUT2D eigenvalue weighted by Crippen LogP contribution is -2.37. The number of nitrogens with zero attached hydrogens (tertiary/aromatic N) is 1. The number of fused-ring (bicyclic) bond motifs is 1. The van der Waals surface area contributed by atoms with E-state index in [-0.39, 0.29) is 29.8 Å². The second kappa shape index (κ2) is 9.41. The van der Waals surface area contributed by atoms with Gasteiger partial charge in [-0.15, -0.1) is 24.0 Å². The smallest absolute Gasteiger partial charge is 0.191 e. The summed E-state index contributed by atoms with van der Waals surface area (Å²) in [6.45, 7) is 1.35. The van der Waals surface area contributed by atoms with E-state index in [0.29, 0.717) is 13.1 Å². The molecule has 6 heteroatoms. The Hall–Kier alpha value is -2.09. The first-order valence-corrected chi connectivity index (χ1v) is 8.00. The van der Waals surface area contributed by atoms with E-state index in [1.54, 1.807) is 19.2 Å². The first kappa shape index (κ1) is 19.2. The van der Waals surface area contributed by atoms with E-state index in [1.807, 2.05) is 18.2 Å². The molecule has 0 unspecified atom stereocenters. The number of hydrogen-bond acceptors (Lipinski definition) is 1. The van der Waals surface area contributed by atoms with Crippen LogP contribution in [0.5, 0.6) is 0 Å². The number of para-hydroxylation sites is 1. The molecule has 2 aromatic carbocycles. The summed E-state index contributed by atoms with van der Waals surface area (Å²) in [4.78, 5) is 7.59. The Labute approximate surface area is 164 Å². The van der Waals surface area contributed by atoms with Crippen LogP contribution in [0.2, 0.25) is 0 Å². The molecule has 0 spiro atoms. The first-order chi connectivity index (χ1) is 11.7. The molecule has 0 aliphatic rings. The van der Waals surface area contributed by atoms with Crippen molar-refractivity contribution in [3.05, 3.63) is 71.7 Å². The molecule has 0 saturated carbocycles. The van der Waals surface area contributed by atoms with E-state index in [0.717, 1.165) is 29.2 Å². The number of hydrogen-bond donors (Lipinski definition) is 3. The van der Waals surface area contributed by atoms with Crippen molar-refractivity contribution in [2.24, 2.45) is 4.99 Å². The predicted molar refractivity (Wildman–Crippen MR) is 112 cm³/mol. The van der Waals surface area contributed by atoms with Crippen molar-refractivity contribution in [3.8, 4) is 0 Å². The fraction of sp³-hybridized carbons (Fsp3) is 0.211. The Kier molecular flexibility index (Phi) is 7.24. The normalized spacial score (nSPS) is 11.2. The summed E-state index contributed by atoms with van der Waals surface area (Å²) in [6, 6.07) is 17.0. The zero-order chi connectivity index (χ0) is 16.8. The number of nitrogens with one attached hydrogen (secondary N) is 3. The van der Waals surface area contributed by atoms with E-state index >= 15 is 0 Å². The molecular formula is C19H22FIN4. The van der Waals surface area contributed by atoms with Gasteiger partial charge in [-0.3, -0.25) is 4.99 Å². The fourth-order valence-corrected chi connectivity index (χ4v) is 2.65. The highest BCUT2D eigenvalue weighted by Crippen LogP contribution is 2.14. The van der Waals surface area contributed by atoms with Crippen LogP contribution in [0.4, 0.5) is 4.39 Å². The molecule has 0 aliphatic carbocycles. The van der Waals surface area contributed by atoms with Gasteiger partial charge < -0.3 is 15.6 Å². The third-order valence-corrected chi connectivity index (χ3v) is 3.85. The minimum Gasteiger partial charge on any atom is -0.357 e. The Balaban J connectivity index is 0.00000225. The Morgan fingerprint density at radius 2 is 1.92 bits per heavy atom. The molecule has 0 bridgehead atoms. The van der Waals surface area contributed by atoms with Crippen molar-refractivity contribution < 1.29 is 4.39 Å². The molecule has 0 aliphatic heterocycles. The molecule has 0 atom stereocenters. The number of benzene rings is 2. The fourth-order valence-electron chi connectivity index (χ4n) is 2.65. The number of aliphatic imine (C=N–C) groups is 1. The van der Waals surface area contributed by atoms with E-state index in [1.165, 1.54) is 11.5 Å². The van der Waals surface area contributed by atoms with E-state index in [4.69, 9.17) is 0 Å². The van der Waals surface area contributed by atoms with Gasteiger partial charge in [0.15, 0.2) is 5.96 Å². The molecular weight excluding hydrogens is 430 g/mol. The van der Waals surface area contributed by atoms with Gasteiger partial charge in [-0.25, -0.2) is 4.39 Å². The minimum absolute atomic E-state index is 0. The van der Waals surface area contributed by atoms with Gasteiger partial charge in [0.1, 0.15) is 5.82 Å². The lowest BCUT2D eigenvalue weighted by atomic mass is 10.1. The number of H-pyrrole nitrogens is 1. The molecule has 3 rings (SSSR count). The monoisotopic (exact) mass is 452 g/mol. The second-order valence-electron chi connectivity index (χ2n) is 5.61. The molecule has 4 nitrogen and oxygen atoms in total. The molecule has 0 radical (unpaired) electrons. The summed E-state index contributed by atoms with van der Waals surface area (Å²) in [5, 5.41) is 7.72. The van der Waals surface area contributed by atoms with Gasteiger partial charge in [0.05, 0.1) is 6.54 Å². The standard InChI is InChI=1S/C19H21FN4.HI/c1-21-19(22-10-9-14-5-4-7-16(20)11-14)23-13-17-12-15-6-2-3-8-18(15)24-17;/h2-8,11-12,24H,9-10,13H2,1H3,(H2,21,22,23);1H. The summed E-state index contributed by atoms with van der Waals surface area (Å²) in [6.07, 6.45) is 0.741. The Bertz CT molecular complexity index is 811. The van der Waals surface area contributed by atoms with Crippen LogP contribution in [0.1, 0.15) is 11.3 Å². The van der Waals surface area contributed by atoms with Crippen LogP contribution in [0.3, 0.4) is 0 Å². The first-order valence-electron chi connectivity index (χ1n) is 8.00. The van der Waals surface area contributed by atoms with Crippen LogP contribution >= 0.6 is 24.0 Å². The number of aromatic nitrogens is 1. The average molecular weight is 452 g/mol. The SMILES string of the molecule is CN=C(NCCc1cccc(F)c1)NCc1cc2ccccc2[nH]1.I. The maximum absolute atomic E-state index is 13.2. The number of rotatable bonds is 5. The van der Waals surface area contributed by atoms with Crippen LogP contribution in [-0.4, -0.2) is 24.5 Å². The van der Waals surface area contributed by atoms with Crippen molar-refractivity contribution in [3.63, 3.8) is 0 Å². The minimum atomic E-state index is -0.200. The van der Waals surface area contributed by atoms with Crippen molar-refractivity contribution in [2.75, 3.05) is 13.6 Å². The predicted octanol–water partition coefficient (Wildman–Crippen LogP) is 3.83. The summed E-state index contributed by atoms with van der Waals surface area (Å²) in [7, 11) is 1.74. The number of guanidine groups is 1. The molecule has 3 N–H and O–H groups in total. The van der Waals surface area contributed by atoms with Gasteiger partial charge in [0.25, 0.3) is 0 Å². The van der Waals surface area contributed by atoms with E-state index in [9.17, 15) is 4.39 Å². The molecule has 1 aromatic heterocycles. The van der Waals surface area contributed by atoms with Gasteiger partial charge in [0, 0.05) is 24.8 Å². The molecule has 3 aromatic rings. The summed E-state index contributed by atoms with van der Waals surface area (Å²) in [5.41, 5.74) is 3.20. The van der Waals surface area contributed by atoms with Crippen LogP contribution in [-0.2, 0) is 13.0 Å². The number of aromatic amines is 1. The van der Waals surface area contributed by atoms with Gasteiger partial charge in [-0.2, -0.15) is 0 Å². The zero-order valence-electron chi connectivity index (χ0n) is 14.1. The van der Waals surface area contributed by atoms with Crippen LogP contribution in [0, 0.1) is 5.82 Å². The third-order valence-electron chi connectivity index (χ3n) is 3.85. The molecule has 0 saturated heterocycles. The second-order valence-corrected chi connectivity index (χ2v) is 5.61. The maximum atomic E-state index is 13.2. The molecule has 0 amide bonds. The highest BCUT2D eigenvalue weighted by molar-refractivity contribution is 14.0. The van der Waals surface area contributed by atoms with Gasteiger partial charge in [-0.1, -0.05) is 30.3 Å². The molecule has 1 heterocycles. The quantitative estimate of drug-likeness (QED) is 0.313. The van der Waals surface area contributed by atoms with Crippen molar-refractivity contribution in [1.82, 2.24) is 15.6 Å². The zero-order valence-corrected chi connectivity index (χ0v) is 16.4. The van der Waals surface area contributed by atoms with Crippen molar-refractivity contribution >= 4 is 40.8 Å². The topological polar surface area (TPSA) is 52.2 Å². The van der Waals surface area contributed by atoms with Gasteiger partial charge in [0.2, 0.25) is 0 Å². The Morgan fingerprint density at radius 3 is 2.68 bits per heavy atom. The lowest BCUT2D eigenvalue weighted by Gasteiger charge is -2.11. The van der Waals surface area contributed by atoms with Gasteiger partial charge in [-0.05, 0) is 41.6 Å². The van der Waals surface area contributed by atoms with E-state index < -0.39 is 0 Å². The lowest BCUT2D eigenvalue weighted by molar-refractivity contribution is 0.625. The van der Waals surface area contributed by atoms with Crippen molar-refractivity contribution in [2.45, 2.75) is 13.0 Å². The van der Waals surface area contributed by atoms with Crippen LogP contribution in [0.25, 0.3) is 10.9 Å².